The molecule has 1 amide bonds. The fourth-order valence-corrected chi connectivity index (χ4v) is 4.24. The number of carbonyl (C=O) groups excluding carboxylic acids is 1. The van der Waals surface area contributed by atoms with Gasteiger partial charge in [-0.2, -0.15) is 0 Å². The lowest BCUT2D eigenvalue weighted by Gasteiger charge is -2.22. The molecule has 154 valence electrons. The summed E-state index contributed by atoms with van der Waals surface area (Å²) in [6.45, 7) is 4.83. The van der Waals surface area contributed by atoms with Crippen molar-refractivity contribution in [1.82, 2.24) is 9.80 Å². The van der Waals surface area contributed by atoms with Crippen LogP contribution in [0, 0.1) is 5.82 Å². The first-order valence-electron chi connectivity index (χ1n) is 10.7. The largest absolute Gasteiger partial charge is 0.491 e. The molecule has 1 fully saturated rings. The molecule has 4 rings (SSSR count). The summed E-state index contributed by atoms with van der Waals surface area (Å²) in [6.07, 6.45) is 5.42. The third-order valence-corrected chi connectivity index (χ3v) is 5.81. The lowest BCUT2D eigenvalue weighted by molar-refractivity contribution is -0.131. The third kappa shape index (κ3) is 5.36. The van der Waals surface area contributed by atoms with Crippen molar-refractivity contribution in [2.24, 2.45) is 0 Å². The first-order valence-corrected chi connectivity index (χ1v) is 10.7. The Morgan fingerprint density at radius 3 is 2.59 bits per heavy atom. The molecule has 2 aromatic rings. The summed E-state index contributed by atoms with van der Waals surface area (Å²) in [5.74, 6) is 0.564. The number of nitrogens with zero attached hydrogens (tertiary/aromatic N) is 2. The highest BCUT2D eigenvalue weighted by atomic mass is 19.1. The number of hydrogen-bond donors (Lipinski definition) is 0. The molecule has 29 heavy (non-hydrogen) atoms. The molecule has 0 N–H and O–H groups in total. The smallest absolute Gasteiger partial charge is 0.227 e. The van der Waals surface area contributed by atoms with E-state index in [-0.39, 0.29) is 18.1 Å². The molecule has 0 radical (unpaired) electrons. The number of ether oxygens (including phenoxy) is 1. The number of amides is 1. The molecule has 2 aliphatic rings. The van der Waals surface area contributed by atoms with Crippen molar-refractivity contribution < 1.29 is 13.9 Å². The van der Waals surface area contributed by atoms with Crippen LogP contribution in [0.25, 0.3) is 0 Å². The van der Waals surface area contributed by atoms with Crippen molar-refractivity contribution in [3.8, 4) is 5.75 Å². The Hall–Kier alpha value is -2.40. The van der Waals surface area contributed by atoms with Gasteiger partial charge in [0.25, 0.3) is 0 Å². The Labute approximate surface area is 172 Å². The second-order valence-electron chi connectivity index (χ2n) is 8.10. The number of hydrogen-bond acceptors (Lipinski definition) is 3. The summed E-state index contributed by atoms with van der Waals surface area (Å²) in [7, 11) is 0. The maximum atomic E-state index is 13.4. The van der Waals surface area contributed by atoms with Gasteiger partial charge in [-0.1, -0.05) is 31.0 Å². The van der Waals surface area contributed by atoms with E-state index in [1.165, 1.54) is 43.4 Å². The van der Waals surface area contributed by atoms with Crippen LogP contribution in [0.5, 0.6) is 5.75 Å². The summed E-state index contributed by atoms with van der Waals surface area (Å²) >= 11 is 0. The SMILES string of the molecule is O=C(Cc1cccc(F)c1)N1CCOc2ccc(CN3CCCCCC3)cc2C1. The Morgan fingerprint density at radius 1 is 0.966 bits per heavy atom. The van der Waals surface area contributed by atoms with Crippen LogP contribution in [0.3, 0.4) is 0 Å². The molecule has 0 bridgehead atoms. The van der Waals surface area contributed by atoms with Gasteiger partial charge in [-0.3, -0.25) is 9.69 Å². The topological polar surface area (TPSA) is 32.8 Å². The minimum absolute atomic E-state index is 0.00460. The van der Waals surface area contributed by atoms with Gasteiger partial charge in [-0.25, -0.2) is 4.39 Å². The van der Waals surface area contributed by atoms with Crippen LogP contribution >= 0.6 is 0 Å². The fourth-order valence-electron chi connectivity index (χ4n) is 4.24. The van der Waals surface area contributed by atoms with Gasteiger partial charge in [0.1, 0.15) is 18.2 Å². The molecule has 0 unspecified atom stereocenters. The quantitative estimate of drug-likeness (QED) is 0.778. The highest BCUT2D eigenvalue weighted by molar-refractivity contribution is 5.79. The second-order valence-corrected chi connectivity index (χ2v) is 8.10. The average molecular weight is 397 g/mol. The van der Waals surface area contributed by atoms with Crippen LogP contribution < -0.4 is 4.74 Å². The Morgan fingerprint density at radius 2 is 1.79 bits per heavy atom. The van der Waals surface area contributed by atoms with Gasteiger partial charge < -0.3 is 9.64 Å². The van der Waals surface area contributed by atoms with E-state index < -0.39 is 0 Å². The van der Waals surface area contributed by atoms with Gasteiger partial charge >= 0.3 is 0 Å². The van der Waals surface area contributed by atoms with E-state index in [1.807, 2.05) is 11.0 Å². The first kappa shape index (κ1) is 19.9. The van der Waals surface area contributed by atoms with E-state index in [0.29, 0.717) is 25.3 Å². The summed E-state index contributed by atoms with van der Waals surface area (Å²) in [5.41, 5.74) is 3.03. The summed E-state index contributed by atoms with van der Waals surface area (Å²) in [4.78, 5) is 17.2. The molecule has 1 saturated heterocycles. The van der Waals surface area contributed by atoms with Crippen LogP contribution in [0.4, 0.5) is 4.39 Å². The maximum Gasteiger partial charge on any atom is 0.227 e. The van der Waals surface area contributed by atoms with E-state index in [0.717, 1.165) is 30.9 Å². The van der Waals surface area contributed by atoms with Crippen LogP contribution in [0.2, 0.25) is 0 Å². The molecule has 4 nitrogen and oxygen atoms in total. The highest BCUT2D eigenvalue weighted by Gasteiger charge is 2.21. The van der Waals surface area contributed by atoms with Crippen LogP contribution in [-0.4, -0.2) is 41.9 Å². The number of benzene rings is 2. The minimum atomic E-state index is -0.307. The summed E-state index contributed by atoms with van der Waals surface area (Å²) in [5, 5.41) is 0. The van der Waals surface area contributed by atoms with Crippen molar-refractivity contribution in [3.63, 3.8) is 0 Å². The maximum absolute atomic E-state index is 13.4. The predicted molar refractivity (Wildman–Crippen MR) is 111 cm³/mol. The molecular formula is C24H29FN2O2. The third-order valence-electron chi connectivity index (χ3n) is 5.81. The zero-order valence-corrected chi connectivity index (χ0v) is 16.9. The predicted octanol–water partition coefficient (Wildman–Crippen LogP) is 4.17. The average Bonchev–Trinajstić information content (AvgIpc) is 3.08. The van der Waals surface area contributed by atoms with Crippen LogP contribution in [-0.2, 0) is 24.3 Å². The number of rotatable bonds is 4. The molecule has 2 aliphatic heterocycles. The lowest BCUT2D eigenvalue weighted by atomic mass is 10.1. The van der Waals surface area contributed by atoms with Crippen molar-refractivity contribution in [2.75, 3.05) is 26.2 Å². The molecular weight excluding hydrogens is 367 g/mol. The van der Waals surface area contributed by atoms with Gasteiger partial charge in [-0.05, 0) is 61.3 Å². The van der Waals surface area contributed by atoms with Gasteiger partial charge in [0, 0.05) is 18.7 Å². The normalized spacial score (nSPS) is 17.8. The van der Waals surface area contributed by atoms with E-state index in [9.17, 15) is 9.18 Å². The zero-order valence-electron chi connectivity index (χ0n) is 16.9. The van der Waals surface area contributed by atoms with Crippen LogP contribution in [0.1, 0.15) is 42.4 Å². The van der Waals surface area contributed by atoms with Crippen molar-refractivity contribution in [3.05, 3.63) is 65.0 Å². The molecule has 2 heterocycles. The standard InChI is InChI=1S/C24H29FN2O2/c25-22-7-5-6-19(15-22)16-24(28)27-12-13-29-23-9-8-20(14-21(23)18-27)17-26-10-3-1-2-4-11-26/h5-9,14-15H,1-4,10-13,16-18H2. The van der Waals surface area contributed by atoms with Crippen molar-refractivity contribution in [1.29, 1.82) is 0 Å². The van der Waals surface area contributed by atoms with E-state index >= 15 is 0 Å². The number of halogens is 1. The van der Waals surface area contributed by atoms with Crippen molar-refractivity contribution >= 4 is 5.91 Å². The number of carbonyl (C=O) groups is 1. The van der Waals surface area contributed by atoms with Gasteiger partial charge in [0.2, 0.25) is 5.91 Å². The molecule has 0 atom stereocenters. The lowest BCUT2D eigenvalue weighted by Crippen LogP contribution is -2.33. The molecule has 0 saturated carbocycles. The van der Waals surface area contributed by atoms with Gasteiger partial charge in [-0.15, -0.1) is 0 Å². The monoisotopic (exact) mass is 396 g/mol. The molecule has 0 aliphatic carbocycles. The Bertz CT molecular complexity index is 847. The van der Waals surface area contributed by atoms with Crippen LogP contribution in [0.15, 0.2) is 42.5 Å². The van der Waals surface area contributed by atoms with E-state index in [1.54, 1.807) is 12.1 Å². The first-order chi connectivity index (χ1) is 14.2. The molecule has 5 heteroatoms. The number of likely N-dealkylation sites (tertiary alicyclic amines) is 1. The van der Waals surface area contributed by atoms with E-state index in [2.05, 4.69) is 17.0 Å². The summed E-state index contributed by atoms with van der Waals surface area (Å²) in [6, 6.07) is 12.6. The second kappa shape index (κ2) is 9.40. The van der Waals surface area contributed by atoms with Crippen molar-refractivity contribution in [2.45, 2.75) is 45.2 Å². The Balaban J connectivity index is 1.44. The zero-order chi connectivity index (χ0) is 20.1. The number of fused-ring (bicyclic) bond motifs is 1. The van der Waals surface area contributed by atoms with Gasteiger partial charge in [0.05, 0.1) is 13.0 Å². The molecule has 0 aromatic heterocycles. The molecule has 2 aromatic carbocycles. The summed E-state index contributed by atoms with van der Waals surface area (Å²) < 4.78 is 19.3. The fraction of sp³-hybridized carbons (Fsp3) is 0.458. The minimum Gasteiger partial charge on any atom is -0.491 e. The Kier molecular flexibility index (Phi) is 6.45. The van der Waals surface area contributed by atoms with Gasteiger partial charge in [0.15, 0.2) is 0 Å². The molecule has 0 spiro atoms. The van der Waals surface area contributed by atoms with E-state index in [4.69, 9.17) is 4.74 Å². The highest BCUT2D eigenvalue weighted by Crippen LogP contribution is 2.26.